The van der Waals surface area contributed by atoms with Crippen molar-refractivity contribution in [2.45, 2.75) is 0 Å². The van der Waals surface area contributed by atoms with Crippen LogP contribution in [0.3, 0.4) is 0 Å². The lowest BCUT2D eigenvalue weighted by atomic mass is 10.2. The summed E-state index contributed by atoms with van der Waals surface area (Å²) in [7, 11) is 0. The van der Waals surface area contributed by atoms with E-state index in [0.717, 1.165) is 22.9 Å². The van der Waals surface area contributed by atoms with Gasteiger partial charge in [-0.25, -0.2) is 22.2 Å². The predicted octanol–water partition coefficient (Wildman–Crippen LogP) is 3.68. The number of halogens is 4. The van der Waals surface area contributed by atoms with Crippen LogP contribution in [0.4, 0.5) is 23.4 Å². The lowest BCUT2D eigenvalue weighted by molar-refractivity contribution is 0.102. The molecule has 3 aromatic rings. The summed E-state index contributed by atoms with van der Waals surface area (Å²) in [5, 5.41) is 6.22. The first kappa shape index (κ1) is 15.7. The molecule has 0 radical (unpaired) electrons. The number of amides is 1. The van der Waals surface area contributed by atoms with Gasteiger partial charge in [-0.1, -0.05) is 0 Å². The Labute approximate surface area is 133 Å². The molecule has 0 fully saturated rings. The quantitative estimate of drug-likeness (QED) is 0.742. The summed E-state index contributed by atoms with van der Waals surface area (Å²) in [4.78, 5) is 12.0. The Morgan fingerprint density at radius 3 is 2.25 bits per heavy atom. The summed E-state index contributed by atoms with van der Waals surface area (Å²) in [6.07, 6.45) is 1.34. The van der Waals surface area contributed by atoms with Crippen LogP contribution in [0.2, 0.25) is 0 Å². The maximum atomic E-state index is 13.7. The molecule has 0 atom stereocenters. The maximum absolute atomic E-state index is 13.7. The highest BCUT2D eigenvalue weighted by molar-refractivity contribution is 6.03. The Morgan fingerprint density at radius 1 is 0.917 bits per heavy atom. The topological polar surface area (TPSA) is 46.9 Å². The van der Waals surface area contributed by atoms with Gasteiger partial charge >= 0.3 is 0 Å². The van der Waals surface area contributed by atoms with Crippen LogP contribution in [0.5, 0.6) is 0 Å². The minimum Gasteiger partial charge on any atom is -0.305 e. The average Bonchev–Trinajstić information content (AvgIpc) is 2.95. The van der Waals surface area contributed by atoms with Gasteiger partial charge in [0.2, 0.25) is 0 Å². The van der Waals surface area contributed by atoms with Crippen molar-refractivity contribution in [3.05, 3.63) is 77.5 Å². The molecule has 0 bridgehead atoms. The summed E-state index contributed by atoms with van der Waals surface area (Å²) in [6.45, 7) is 0. The molecular weight excluding hydrogens is 326 g/mol. The van der Waals surface area contributed by atoms with E-state index < -0.39 is 29.2 Å². The molecular formula is C16H9F4N3O. The highest BCUT2D eigenvalue weighted by Gasteiger charge is 2.14. The molecule has 8 heteroatoms. The first-order valence-electron chi connectivity index (χ1n) is 6.71. The van der Waals surface area contributed by atoms with E-state index in [1.165, 1.54) is 18.3 Å². The Bertz CT molecular complexity index is 923. The van der Waals surface area contributed by atoms with Crippen LogP contribution in [-0.2, 0) is 0 Å². The lowest BCUT2D eigenvalue weighted by Gasteiger charge is -2.05. The van der Waals surface area contributed by atoms with Crippen molar-refractivity contribution in [2.75, 3.05) is 5.32 Å². The van der Waals surface area contributed by atoms with E-state index in [1.807, 2.05) is 0 Å². The summed E-state index contributed by atoms with van der Waals surface area (Å²) in [6, 6.07) is 6.82. The summed E-state index contributed by atoms with van der Waals surface area (Å²) in [5.41, 5.74) is -0.385. The highest BCUT2D eigenvalue weighted by atomic mass is 19.1. The van der Waals surface area contributed by atoms with Gasteiger partial charge in [-0.05, 0) is 24.3 Å². The van der Waals surface area contributed by atoms with Gasteiger partial charge in [0.1, 0.15) is 23.1 Å². The number of rotatable bonds is 3. The molecule has 1 heterocycles. The number of benzene rings is 2. The van der Waals surface area contributed by atoms with Crippen LogP contribution in [-0.4, -0.2) is 15.7 Å². The number of anilines is 1. The predicted molar refractivity (Wildman–Crippen MR) is 77.8 cm³/mol. The van der Waals surface area contributed by atoms with Gasteiger partial charge in [-0.15, -0.1) is 5.10 Å². The van der Waals surface area contributed by atoms with Gasteiger partial charge in [0.05, 0.1) is 5.56 Å². The van der Waals surface area contributed by atoms with Gasteiger partial charge < -0.3 is 5.32 Å². The molecule has 0 saturated carbocycles. The van der Waals surface area contributed by atoms with Crippen molar-refractivity contribution in [1.29, 1.82) is 0 Å². The molecule has 0 aliphatic rings. The molecule has 0 aliphatic carbocycles. The van der Waals surface area contributed by atoms with Gasteiger partial charge in [-0.3, -0.25) is 4.79 Å². The molecule has 0 aliphatic heterocycles. The van der Waals surface area contributed by atoms with Crippen LogP contribution in [0, 0.1) is 23.3 Å². The van der Waals surface area contributed by atoms with Crippen LogP contribution in [0.15, 0.2) is 48.7 Å². The Hall–Kier alpha value is -3.16. The Kier molecular flexibility index (Phi) is 4.03. The SMILES string of the molecule is O=C(Nc1ccn(-c2ccc(F)cc2F)n1)c1ccc(F)cc1F. The first-order valence-corrected chi connectivity index (χ1v) is 6.71. The van der Waals surface area contributed by atoms with Crippen molar-refractivity contribution >= 4 is 11.7 Å². The number of hydrogen-bond donors (Lipinski definition) is 1. The Morgan fingerprint density at radius 2 is 1.58 bits per heavy atom. The van der Waals surface area contributed by atoms with Crippen molar-refractivity contribution in [1.82, 2.24) is 9.78 Å². The monoisotopic (exact) mass is 335 g/mol. The number of nitrogens with one attached hydrogen (secondary N) is 1. The van der Waals surface area contributed by atoms with E-state index in [-0.39, 0.29) is 17.1 Å². The fourth-order valence-corrected chi connectivity index (χ4v) is 2.05. The number of hydrogen-bond acceptors (Lipinski definition) is 2. The summed E-state index contributed by atoms with van der Waals surface area (Å²) >= 11 is 0. The molecule has 1 aromatic heterocycles. The zero-order valence-corrected chi connectivity index (χ0v) is 11.9. The van der Waals surface area contributed by atoms with Gasteiger partial charge in [0.15, 0.2) is 11.6 Å². The maximum Gasteiger partial charge on any atom is 0.259 e. The third-order valence-electron chi connectivity index (χ3n) is 3.16. The molecule has 24 heavy (non-hydrogen) atoms. The van der Waals surface area contributed by atoms with Crippen molar-refractivity contribution < 1.29 is 22.4 Å². The van der Waals surface area contributed by atoms with Crippen LogP contribution in [0.1, 0.15) is 10.4 Å². The average molecular weight is 335 g/mol. The zero-order chi connectivity index (χ0) is 17.3. The normalized spacial score (nSPS) is 10.7. The van der Waals surface area contributed by atoms with E-state index in [1.54, 1.807) is 0 Å². The molecule has 1 amide bonds. The number of carbonyl (C=O) groups excluding carboxylic acids is 1. The largest absolute Gasteiger partial charge is 0.305 e. The van der Waals surface area contributed by atoms with E-state index in [2.05, 4.69) is 10.4 Å². The highest BCUT2D eigenvalue weighted by Crippen LogP contribution is 2.17. The van der Waals surface area contributed by atoms with E-state index in [9.17, 15) is 22.4 Å². The van der Waals surface area contributed by atoms with E-state index in [4.69, 9.17) is 0 Å². The fourth-order valence-electron chi connectivity index (χ4n) is 2.05. The van der Waals surface area contributed by atoms with E-state index >= 15 is 0 Å². The second kappa shape index (κ2) is 6.15. The smallest absolute Gasteiger partial charge is 0.259 e. The summed E-state index contributed by atoms with van der Waals surface area (Å²) in [5.74, 6) is -4.20. The minimum absolute atomic E-state index is 0.0208. The molecule has 4 nitrogen and oxygen atoms in total. The van der Waals surface area contributed by atoms with Crippen LogP contribution < -0.4 is 5.32 Å². The van der Waals surface area contributed by atoms with Crippen molar-refractivity contribution in [3.63, 3.8) is 0 Å². The standard InChI is InChI=1S/C16H9F4N3O/c17-9-1-3-11(12(19)7-9)16(24)21-15-5-6-23(22-15)14-4-2-10(18)8-13(14)20/h1-8H,(H,21,22,24). The van der Waals surface area contributed by atoms with Crippen molar-refractivity contribution in [2.24, 2.45) is 0 Å². The first-order chi connectivity index (χ1) is 11.4. The second-order valence-corrected chi connectivity index (χ2v) is 4.82. The third-order valence-corrected chi connectivity index (χ3v) is 3.16. The molecule has 2 aromatic carbocycles. The minimum atomic E-state index is -1.02. The molecule has 1 N–H and O–H groups in total. The third kappa shape index (κ3) is 3.12. The van der Waals surface area contributed by atoms with E-state index in [0.29, 0.717) is 12.1 Å². The Balaban J connectivity index is 1.82. The summed E-state index contributed by atoms with van der Waals surface area (Å²) < 4.78 is 54.1. The van der Waals surface area contributed by atoms with Crippen LogP contribution in [0.25, 0.3) is 5.69 Å². The number of aromatic nitrogens is 2. The molecule has 122 valence electrons. The second-order valence-electron chi connectivity index (χ2n) is 4.82. The zero-order valence-electron chi connectivity index (χ0n) is 11.9. The van der Waals surface area contributed by atoms with Crippen molar-refractivity contribution in [3.8, 4) is 5.69 Å². The lowest BCUT2D eigenvalue weighted by Crippen LogP contribution is -2.14. The number of carbonyl (C=O) groups is 1. The molecule has 3 rings (SSSR count). The molecule has 0 unspecified atom stereocenters. The fraction of sp³-hybridized carbons (Fsp3) is 0. The number of nitrogens with zero attached hydrogens (tertiary/aromatic N) is 2. The van der Waals surface area contributed by atoms with Gasteiger partial charge in [0, 0.05) is 24.4 Å². The van der Waals surface area contributed by atoms with Crippen LogP contribution >= 0.6 is 0 Å². The molecule has 0 spiro atoms. The van der Waals surface area contributed by atoms with Gasteiger partial charge in [-0.2, -0.15) is 0 Å². The molecule has 0 saturated heterocycles. The van der Waals surface area contributed by atoms with Gasteiger partial charge in [0.25, 0.3) is 5.91 Å².